The van der Waals surface area contributed by atoms with Crippen LogP contribution in [0, 0.1) is 0 Å². The van der Waals surface area contributed by atoms with Crippen LogP contribution in [0.4, 0.5) is 0 Å². The van der Waals surface area contributed by atoms with Crippen molar-refractivity contribution in [1.82, 2.24) is 0 Å². The first-order valence-corrected chi connectivity index (χ1v) is 8.97. The second-order valence-electron chi connectivity index (χ2n) is 7.51. The summed E-state index contributed by atoms with van der Waals surface area (Å²) in [5.41, 5.74) is 2.71. The van der Waals surface area contributed by atoms with E-state index in [4.69, 9.17) is 14.0 Å². The van der Waals surface area contributed by atoms with Crippen LogP contribution in [0.1, 0.15) is 45.0 Å². The third-order valence-corrected chi connectivity index (χ3v) is 5.12. The van der Waals surface area contributed by atoms with Gasteiger partial charge in [0.1, 0.15) is 0 Å². The maximum atomic E-state index is 12.0. The molecule has 0 N–H and O–H groups in total. The summed E-state index contributed by atoms with van der Waals surface area (Å²) in [6, 6.07) is 15.5. The molecule has 136 valence electrons. The molecule has 0 amide bonds. The lowest BCUT2D eigenvalue weighted by Gasteiger charge is -2.32. The highest BCUT2D eigenvalue weighted by molar-refractivity contribution is 6.62. The van der Waals surface area contributed by atoms with Crippen LogP contribution in [-0.2, 0) is 14.0 Å². The smallest absolute Gasteiger partial charge is 0.462 e. The largest absolute Gasteiger partial charge is 0.494 e. The van der Waals surface area contributed by atoms with Crippen molar-refractivity contribution in [2.24, 2.45) is 0 Å². The van der Waals surface area contributed by atoms with Crippen molar-refractivity contribution in [3.63, 3.8) is 0 Å². The lowest BCUT2D eigenvalue weighted by molar-refractivity contribution is 0.00578. The fourth-order valence-corrected chi connectivity index (χ4v) is 2.88. The van der Waals surface area contributed by atoms with Crippen LogP contribution in [0.15, 0.2) is 48.5 Å². The summed E-state index contributed by atoms with van der Waals surface area (Å²) >= 11 is 0. The quantitative estimate of drug-likeness (QED) is 0.620. The van der Waals surface area contributed by atoms with E-state index >= 15 is 0 Å². The summed E-state index contributed by atoms with van der Waals surface area (Å²) in [5.74, 6) is -0.309. The average molecular weight is 352 g/mol. The Morgan fingerprint density at radius 3 is 2.15 bits per heavy atom. The highest BCUT2D eigenvalue weighted by Crippen LogP contribution is 2.36. The molecule has 1 fully saturated rings. The fourth-order valence-electron chi connectivity index (χ4n) is 2.88. The Morgan fingerprint density at radius 2 is 1.54 bits per heavy atom. The van der Waals surface area contributed by atoms with Gasteiger partial charge in [0.25, 0.3) is 0 Å². The van der Waals surface area contributed by atoms with Gasteiger partial charge in [-0.25, -0.2) is 4.79 Å². The maximum Gasteiger partial charge on any atom is 0.494 e. The van der Waals surface area contributed by atoms with E-state index in [0.717, 1.165) is 16.6 Å². The fraction of sp³-hybridized carbons (Fsp3) is 0.381. The predicted octanol–water partition coefficient (Wildman–Crippen LogP) is 3.83. The topological polar surface area (TPSA) is 44.8 Å². The van der Waals surface area contributed by atoms with Crippen LogP contribution in [0.3, 0.4) is 0 Å². The molecule has 2 aromatic rings. The second kappa shape index (κ2) is 6.90. The molecule has 1 aliphatic rings. The van der Waals surface area contributed by atoms with Gasteiger partial charge in [-0.05, 0) is 63.3 Å². The van der Waals surface area contributed by atoms with E-state index in [-0.39, 0.29) is 17.2 Å². The number of carbonyl (C=O) groups excluding carboxylic acids is 1. The molecule has 1 aliphatic heterocycles. The van der Waals surface area contributed by atoms with Gasteiger partial charge in [0.15, 0.2) is 0 Å². The average Bonchev–Trinajstić information content (AvgIpc) is 2.83. The molecule has 0 unspecified atom stereocenters. The second-order valence-corrected chi connectivity index (χ2v) is 7.51. The van der Waals surface area contributed by atoms with Crippen molar-refractivity contribution in [3.05, 3.63) is 54.1 Å². The Morgan fingerprint density at radius 1 is 0.962 bits per heavy atom. The number of ether oxygens (including phenoxy) is 1. The van der Waals surface area contributed by atoms with Crippen LogP contribution in [0.25, 0.3) is 11.1 Å². The molecular weight excluding hydrogens is 327 g/mol. The van der Waals surface area contributed by atoms with Crippen LogP contribution >= 0.6 is 0 Å². The number of carbonyl (C=O) groups is 1. The maximum absolute atomic E-state index is 12.0. The first-order valence-electron chi connectivity index (χ1n) is 8.97. The highest BCUT2D eigenvalue weighted by Gasteiger charge is 2.51. The van der Waals surface area contributed by atoms with E-state index in [2.05, 4.69) is 0 Å². The summed E-state index contributed by atoms with van der Waals surface area (Å²) in [4.78, 5) is 12.0. The molecule has 26 heavy (non-hydrogen) atoms. The molecule has 0 atom stereocenters. The van der Waals surface area contributed by atoms with Crippen molar-refractivity contribution < 1.29 is 18.8 Å². The first-order chi connectivity index (χ1) is 12.2. The Hall–Kier alpha value is -2.11. The summed E-state index contributed by atoms with van der Waals surface area (Å²) in [5, 5.41) is 0. The van der Waals surface area contributed by atoms with Gasteiger partial charge in [0.2, 0.25) is 0 Å². The van der Waals surface area contributed by atoms with Gasteiger partial charge < -0.3 is 14.0 Å². The van der Waals surface area contributed by atoms with E-state index in [0.29, 0.717) is 12.2 Å². The molecule has 0 radical (unpaired) electrons. The SMILES string of the molecule is CCOC(=O)c1cccc(-c2cccc(B3OC(C)(C)C(C)(C)O3)c2)c1. The van der Waals surface area contributed by atoms with Gasteiger partial charge in [0.05, 0.1) is 23.4 Å². The van der Waals surface area contributed by atoms with E-state index in [1.54, 1.807) is 13.0 Å². The molecule has 5 heteroatoms. The number of hydrogen-bond donors (Lipinski definition) is 0. The zero-order valence-corrected chi connectivity index (χ0v) is 16.0. The number of hydrogen-bond acceptors (Lipinski definition) is 4. The van der Waals surface area contributed by atoms with E-state index in [1.807, 2.05) is 70.2 Å². The molecule has 0 spiro atoms. The van der Waals surface area contributed by atoms with Crippen LogP contribution in [-0.4, -0.2) is 30.9 Å². The predicted molar refractivity (Wildman–Crippen MR) is 104 cm³/mol. The number of benzene rings is 2. The van der Waals surface area contributed by atoms with Gasteiger partial charge in [-0.15, -0.1) is 0 Å². The molecule has 0 saturated carbocycles. The summed E-state index contributed by atoms with van der Waals surface area (Å²) in [7, 11) is -0.409. The van der Waals surface area contributed by atoms with Crippen LogP contribution in [0.2, 0.25) is 0 Å². The summed E-state index contributed by atoms with van der Waals surface area (Å²) in [6.45, 7) is 10.3. The third kappa shape index (κ3) is 3.55. The zero-order chi connectivity index (χ0) is 18.9. The zero-order valence-electron chi connectivity index (χ0n) is 16.0. The van der Waals surface area contributed by atoms with E-state index < -0.39 is 7.12 Å². The minimum atomic E-state index is -0.409. The number of rotatable bonds is 4. The summed E-state index contributed by atoms with van der Waals surface area (Å²) < 4.78 is 17.4. The molecular formula is C21H25BO4. The first kappa shape index (κ1) is 18.7. The molecule has 0 aliphatic carbocycles. The van der Waals surface area contributed by atoms with Gasteiger partial charge in [-0.3, -0.25) is 0 Å². The highest BCUT2D eigenvalue weighted by atomic mass is 16.7. The minimum absolute atomic E-state index is 0.309. The molecule has 1 heterocycles. The monoisotopic (exact) mass is 352 g/mol. The lowest BCUT2D eigenvalue weighted by atomic mass is 9.78. The Kier molecular flexibility index (Phi) is 4.95. The normalized spacial score (nSPS) is 18.0. The minimum Gasteiger partial charge on any atom is -0.462 e. The van der Waals surface area contributed by atoms with Gasteiger partial charge >= 0.3 is 13.1 Å². The molecule has 0 aromatic heterocycles. The van der Waals surface area contributed by atoms with E-state index in [1.165, 1.54) is 0 Å². The molecule has 0 bridgehead atoms. The molecule has 1 saturated heterocycles. The number of esters is 1. The van der Waals surface area contributed by atoms with Crippen molar-refractivity contribution in [2.75, 3.05) is 6.61 Å². The Labute approximate surface area is 155 Å². The molecule has 4 nitrogen and oxygen atoms in total. The lowest BCUT2D eigenvalue weighted by Crippen LogP contribution is -2.41. The van der Waals surface area contributed by atoms with Crippen molar-refractivity contribution in [2.45, 2.75) is 45.8 Å². The van der Waals surface area contributed by atoms with Gasteiger partial charge in [-0.2, -0.15) is 0 Å². The molecule has 3 rings (SSSR count). The van der Waals surface area contributed by atoms with Crippen LogP contribution < -0.4 is 5.46 Å². The standard InChI is InChI=1S/C21H25BO4/c1-6-24-19(23)17-11-7-9-15(13-17)16-10-8-12-18(14-16)22-25-20(2,3)21(4,5)26-22/h7-14H,6H2,1-5H3. The van der Waals surface area contributed by atoms with Gasteiger partial charge in [0, 0.05) is 0 Å². The third-order valence-electron chi connectivity index (χ3n) is 5.12. The van der Waals surface area contributed by atoms with Crippen molar-refractivity contribution in [3.8, 4) is 11.1 Å². The van der Waals surface area contributed by atoms with Crippen LogP contribution in [0.5, 0.6) is 0 Å². The van der Waals surface area contributed by atoms with Crippen molar-refractivity contribution in [1.29, 1.82) is 0 Å². The Balaban J connectivity index is 1.89. The summed E-state index contributed by atoms with van der Waals surface area (Å²) in [6.07, 6.45) is 0. The molecule has 2 aromatic carbocycles. The van der Waals surface area contributed by atoms with Gasteiger partial charge in [-0.1, -0.05) is 36.4 Å². The van der Waals surface area contributed by atoms with E-state index in [9.17, 15) is 4.79 Å². The van der Waals surface area contributed by atoms with Crippen molar-refractivity contribution >= 4 is 18.6 Å². The Bertz CT molecular complexity index is 797.